The van der Waals surface area contributed by atoms with Gasteiger partial charge in [-0.05, 0) is 38.8 Å². The van der Waals surface area contributed by atoms with Crippen LogP contribution in [0, 0.1) is 10.1 Å². The lowest BCUT2D eigenvalue weighted by Gasteiger charge is -2.21. The van der Waals surface area contributed by atoms with Crippen LogP contribution in [0.5, 0.6) is 0 Å². The third-order valence-electron chi connectivity index (χ3n) is 3.35. The molecule has 8 nitrogen and oxygen atoms in total. The highest BCUT2D eigenvalue weighted by atomic mass is 16.6. The topological polar surface area (TPSA) is 122 Å². The number of anilines is 1. The van der Waals surface area contributed by atoms with Crippen LogP contribution in [0.3, 0.4) is 0 Å². The molecule has 1 aromatic rings. The molecule has 8 heteroatoms. The van der Waals surface area contributed by atoms with Crippen molar-refractivity contribution < 1.29 is 19.6 Å². The van der Waals surface area contributed by atoms with Crippen LogP contribution in [0.1, 0.15) is 37.0 Å². The van der Waals surface area contributed by atoms with Crippen LogP contribution in [0.2, 0.25) is 0 Å². The smallest absolute Gasteiger partial charge is 0.328 e. The number of rotatable bonds is 6. The fourth-order valence-electron chi connectivity index (χ4n) is 1.80. The molecule has 0 aliphatic heterocycles. The number of amides is 1. The largest absolute Gasteiger partial charge is 0.480 e. The van der Waals surface area contributed by atoms with Crippen molar-refractivity contribution in [1.29, 1.82) is 0 Å². The highest BCUT2D eigenvalue weighted by Crippen LogP contribution is 2.31. The van der Waals surface area contributed by atoms with Gasteiger partial charge in [0.15, 0.2) is 0 Å². The van der Waals surface area contributed by atoms with Crippen molar-refractivity contribution in [3.63, 3.8) is 0 Å². The van der Waals surface area contributed by atoms with Gasteiger partial charge in [-0.15, -0.1) is 0 Å². The average molecular weight is 307 g/mol. The highest BCUT2D eigenvalue weighted by molar-refractivity contribution is 5.98. The molecule has 1 aliphatic rings. The first kappa shape index (κ1) is 15.7. The van der Waals surface area contributed by atoms with E-state index in [-0.39, 0.29) is 17.3 Å². The molecule has 0 saturated heterocycles. The van der Waals surface area contributed by atoms with Crippen LogP contribution >= 0.6 is 0 Å². The van der Waals surface area contributed by atoms with Crippen molar-refractivity contribution >= 4 is 23.3 Å². The number of carboxylic acid groups (broad SMARTS) is 1. The Morgan fingerprint density at radius 1 is 1.36 bits per heavy atom. The summed E-state index contributed by atoms with van der Waals surface area (Å²) in [4.78, 5) is 33.6. The predicted molar refractivity (Wildman–Crippen MR) is 78.9 cm³/mol. The first-order valence-corrected chi connectivity index (χ1v) is 6.81. The number of nitrogens with one attached hydrogen (secondary N) is 2. The van der Waals surface area contributed by atoms with Crippen LogP contribution in [-0.4, -0.2) is 33.5 Å². The number of aliphatic carboxylic acids is 1. The maximum atomic E-state index is 12.1. The minimum Gasteiger partial charge on any atom is -0.480 e. The molecule has 1 aliphatic carbocycles. The summed E-state index contributed by atoms with van der Waals surface area (Å²) in [5.41, 5.74) is -1.26. The minimum atomic E-state index is -1.46. The van der Waals surface area contributed by atoms with E-state index in [1.807, 2.05) is 0 Å². The van der Waals surface area contributed by atoms with E-state index in [1.54, 1.807) is 0 Å². The van der Waals surface area contributed by atoms with Crippen LogP contribution in [0.15, 0.2) is 18.2 Å². The van der Waals surface area contributed by atoms with Gasteiger partial charge in [0.1, 0.15) is 11.2 Å². The second-order valence-electron chi connectivity index (χ2n) is 5.79. The fraction of sp³-hybridized carbons (Fsp3) is 0.429. The molecule has 22 heavy (non-hydrogen) atoms. The van der Waals surface area contributed by atoms with Crippen molar-refractivity contribution in [3.8, 4) is 0 Å². The van der Waals surface area contributed by atoms with Crippen molar-refractivity contribution in [2.24, 2.45) is 0 Å². The molecule has 1 amide bonds. The summed E-state index contributed by atoms with van der Waals surface area (Å²) in [6.45, 7) is 2.68. The van der Waals surface area contributed by atoms with Gasteiger partial charge in [-0.1, -0.05) is 0 Å². The maximum absolute atomic E-state index is 12.1. The molecule has 0 bridgehead atoms. The number of benzene rings is 1. The first-order chi connectivity index (χ1) is 10.2. The molecule has 0 aromatic heterocycles. The molecule has 2 rings (SSSR count). The third-order valence-corrected chi connectivity index (χ3v) is 3.35. The van der Waals surface area contributed by atoms with Gasteiger partial charge in [0.2, 0.25) is 0 Å². The number of carbonyl (C=O) groups excluding carboxylic acids is 1. The van der Waals surface area contributed by atoms with E-state index in [4.69, 9.17) is 5.11 Å². The van der Waals surface area contributed by atoms with E-state index in [2.05, 4.69) is 10.6 Å². The van der Waals surface area contributed by atoms with Gasteiger partial charge in [-0.2, -0.15) is 0 Å². The van der Waals surface area contributed by atoms with Gasteiger partial charge in [-0.25, -0.2) is 4.79 Å². The quantitative estimate of drug-likeness (QED) is 0.544. The average Bonchev–Trinajstić information content (AvgIpc) is 3.22. The molecular weight excluding hydrogens is 290 g/mol. The molecule has 0 atom stereocenters. The zero-order valence-corrected chi connectivity index (χ0v) is 12.3. The normalized spacial score (nSPS) is 14.3. The molecule has 1 saturated carbocycles. The summed E-state index contributed by atoms with van der Waals surface area (Å²) in [6, 6.07) is 4.30. The number of nitro benzene ring substituents is 1. The number of hydrogen-bond acceptors (Lipinski definition) is 5. The van der Waals surface area contributed by atoms with Crippen LogP contribution < -0.4 is 10.6 Å². The van der Waals surface area contributed by atoms with E-state index >= 15 is 0 Å². The van der Waals surface area contributed by atoms with Gasteiger partial charge in [0.05, 0.1) is 4.92 Å². The molecule has 0 spiro atoms. The Hall–Kier alpha value is -2.64. The van der Waals surface area contributed by atoms with Crippen molar-refractivity contribution in [3.05, 3.63) is 33.9 Å². The number of hydrogen-bond donors (Lipinski definition) is 3. The molecule has 1 fully saturated rings. The van der Waals surface area contributed by atoms with E-state index in [0.29, 0.717) is 5.69 Å². The van der Waals surface area contributed by atoms with Crippen LogP contribution in [0.25, 0.3) is 0 Å². The molecule has 1 aromatic carbocycles. The van der Waals surface area contributed by atoms with Gasteiger partial charge < -0.3 is 15.7 Å². The lowest BCUT2D eigenvalue weighted by Crippen LogP contribution is -2.49. The second-order valence-corrected chi connectivity index (χ2v) is 5.79. The van der Waals surface area contributed by atoms with E-state index in [0.717, 1.165) is 18.9 Å². The van der Waals surface area contributed by atoms with Gasteiger partial charge in [0.25, 0.3) is 11.6 Å². The summed E-state index contributed by atoms with van der Waals surface area (Å²) in [5.74, 6) is -1.86. The monoisotopic (exact) mass is 307 g/mol. The lowest BCUT2D eigenvalue weighted by molar-refractivity contribution is -0.384. The third kappa shape index (κ3) is 3.51. The van der Waals surface area contributed by atoms with Crippen LogP contribution in [-0.2, 0) is 4.79 Å². The van der Waals surface area contributed by atoms with Crippen molar-refractivity contribution in [2.45, 2.75) is 38.3 Å². The second kappa shape index (κ2) is 5.63. The number of nitro groups is 1. The first-order valence-electron chi connectivity index (χ1n) is 6.81. The lowest BCUT2D eigenvalue weighted by atomic mass is 10.0. The van der Waals surface area contributed by atoms with Crippen molar-refractivity contribution in [1.82, 2.24) is 5.32 Å². The molecule has 0 unspecified atom stereocenters. The number of carboxylic acids is 1. The Balaban J connectivity index is 2.24. The summed E-state index contributed by atoms with van der Waals surface area (Å²) in [5, 5.41) is 25.5. The van der Waals surface area contributed by atoms with Crippen molar-refractivity contribution in [2.75, 3.05) is 5.32 Å². The van der Waals surface area contributed by atoms with E-state index in [1.165, 1.54) is 26.0 Å². The van der Waals surface area contributed by atoms with E-state index < -0.39 is 22.3 Å². The Bertz CT molecular complexity index is 637. The Kier molecular flexibility index (Phi) is 4.03. The standard InChI is InChI=1S/C14H17N3O5/c1-14(2,13(19)20)16-12(18)8-3-6-10(15-9-4-5-9)11(7-8)17(21)22/h3,6-7,9,15H,4-5H2,1-2H3,(H,16,18)(H,19,20). The van der Waals surface area contributed by atoms with Gasteiger partial charge in [0, 0.05) is 17.7 Å². The summed E-state index contributed by atoms with van der Waals surface area (Å²) in [6.07, 6.45) is 1.93. The Morgan fingerprint density at radius 3 is 2.50 bits per heavy atom. The molecule has 0 radical (unpaired) electrons. The number of nitrogens with zero attached hydrogens (tertiary/aromatic N) is 1. The zero-order chi connectivity index (χ0) is 16.5. The predicted octanol–water partition coefficient (Wildman–Crippen LogP) is 1.76. The Morgan fingerprint density at radius 2 is 2.00 bits per heavy atom. The Labute approximate surface area is 126 Å². The molecule has 3 N–H and O–H groups in total. The van der Waals surface area contributed by atoms with Gasteiger partial charge >= 0.3 is 5.97 Å². The fourth-order valence-corrected chi connectivity index (χ4v) is 1.80. The number of carbonyl (C=O) groups is 2. The van der Waals surface area contributed by atoms with E-state index in [9.17, 15) is 19.7 Å². The van der Waals surface area contributed by atoms with Crippen LogP contribution in [0.4, 0.5) is 11.4 Å². The molecular formula is C14H17N3O5. The summed E-state index contributed by atoms with van der Waals surface area (Å²) >= 11 is 0. The SMILES string of the molecule is CC(C)(NC(=O)c1ccc(NC2CC2)c([N+](=O)[O-])c1)C(=O)O. The maximum Gasteiger partial charge on any atom is 0.328 e. The highest BCUT2D eigenvalue weighted by Gasteiger charge is 2.30. The molecule has 118 valence electrons. The summed E-state index contributed by atoms with van der Waals surface area (Å²) < 4.78 is 0. The zero-order valence-electron chi connectivity index (χ0n) is 12.3. The minimum absolute atomic E-state index is 0.0439. The van der Waals surface area contributed by atoms with Gasteiger partial charge in [-0.3, -0.25) is 14.9 Å². The summed E-state index contributed by atoms with van der Waals surface area (Å²) in [7, 11) is 0. The molecule has 0 heterocycles.